The third kappa shape index (κ3) is 7.53. The van der Waals surface area contributed by atoms with Crippen LogP contribution < -0.4 is 15.5 Å². The summed E-state index contributed by atoms with van der Waals surface area (Å²) < 4.78 is 14.0. The highest BCUT2D eigenvalue weighted by molar-refractivity contribution is 14.0. The highest BCUT2D eigenvalue weighted by atomic mass is 127. The number of nitrogens with one attached hydrogen (secondary N) is 2. The molecule has 2 fully saturated rings. The van der Waals surface area contributed by atoms with Gasteiger partial charge in [0, 0.05) is 51.5 Å². The Bertz CT molecular complexity index is 645. The van der Waals surface area contributed by atoms with Crippen LogP contribution in [0.15, 0.2) is 23.3 Å². The van der Waals surface area contributed by atoms with Crippen molar-refractivity contribution in [3.05, 3.63) is 24.1 Å². The fourth-order valence-corrected chi connectivity index (χ4v) is 3.82. The second-order valence-corrected chi connectivity index (χ2v) is 7.64. The van der Waals surface area contributed by atoms with Crippen LogP contribution in [0.4, 0.5) is 10.2 Å². The van der Waals surface area contributed by atoms with Gasteiger partial charge in [-0.2, -0.15) is 0 Å². The number of hydrogen-bond acceptors (Lipinski definition) is 5. The molecule has 1 atom stereocenters. The van der Waals surface area contributed by atoms with E-state index in [9.17, 15) is 4.39 Å². The number of halogens is 2. The van der Waals surface area contributed by atoms with E-state index < -0.39 is 0 Å². The average Bonchev–Trinajstić information content (AvgIpc) is 3.04. The van der Waals surface area contributed by atoms with E-state index in [1.165, 1.54) is 19.0 Å². The van der Waals surface area contributed by atoms with Crippen LogP contribution in [0.1, 0.15) is 19.8 Å². The van der Waals surface area contributed by atoms with Crippen molar-refractivity contribution in [3.8, 4) is 0 Å². The zero-order valence-corrected chi connectivity index (χ0v) is 19.9. The molecule has 0 bridgehead atoms. The van der Waals surface area contributed by atoms with E-state index in [2.05, 4.69) is 39.4 Å². The van der Waals surface area contributed by atoms with Gasteiger partial charge in [0.25, 0.3) is 0 Å². The molecule has 1 aromatic heterocycles. The molecule has 0 aliphatic carbocycles. The zero-order valence-electron chi connectivity index (χ0n) is 17.6. The number of aromatic nitrogens is 1. The Morgan fingerprint density at radius 3 is 2.93 bits per heavy atom. The van der Waals surface area contributed by atoms with E-state index >= 15 is 0 Å². The van der Waals surface area contributed by atoms with Crippen molar-refractivity contribution in [1.29, 1.82) is 0 Å². The lowest BCUT2D eigenvalue weighted by Crippen LogP contribution is -2.45. The lowest BCUT2D eigenvalue weighted by Gasteiger charge is -2.21. The first-order valence-electron chi connectivity index (χ1n) is 10.5. The van der Waals surface area contributed by atoms with Gasteiger partial charge in [0.15, 0.2) is 17.6 Å². The number of aliphatic imine (C=N–C) groups is 1. The Kier molecular flexibility index (Phi) is 10.4. The number of nitrogens with zero attached hydrogens (tertiary/aromatic N) is 5. The maximum Gasteiger partial charge on any atom is 0.191 e. The molecule has 2 aliphatic rings. The summed E-state index contributed by atoms with van der Waals surface area (Å²) in [6, 6.07) is 3.34. The first kappa shape index (κ1) is 24.1. The molecule has 0 saturated carbocycles. The number of hydrogen-bond donors (Lipinski definition) is 2. The molecule has 7 nitrogen and oxygen atoms in total. The Morgan fingerprint density at radius 2 is 2.14 bits per heavy atom. The molecule has 1 unspecified atom stereocenters. The number of rotatable bonds is 6. The maximum absolute atomic E-state index is 14.0. The van der Waals surface area contributed by atoms with Gasteiger partial charge in [-0.3, -0.25) is 4.99 Å². The van der Waals surface area contributed by atoms with Gasteiger partial charge in [0.1, 0.15) is 0 Å². The summed E-state index contributed by atoms with van der Waals surface area (Å²) in [5, 5.41) is 6.85. The van der Waals surface area contributed by atoms with Gasteiger partial charge in [-0.1, -0.05) is 0 Å². The SMILES string of the molecule is CCNC(=NCCN1CCCN(C)CC1)NC1CCN(c2ncccc2F)C1.I. The molecule has 1 aromatic rings. The third-order valence-electron chi connectivity index (χ3n) is 5.41. The number of guanidine groups is 1. The molecule has 3 rings (SSSR count). The van der Waals surface area contributed by atoms with E-state index in [4.69, 9.17) is 4.99 Å². The Hall–Kier alpha value is -1.20. The van der Waals surface area contributed by atoms with Crippen LogP contribution in [0.2, 0.25) is 0 Å². The highest BCUT2D eigenvalue weighted by Gasteiger charge is 2.26. The van der Waals surface area contributed by atoms with E-state index in [1.54, 1.807) is 12.3 Å². The van der Waals surface area contributed by atoms with Crippen molar-refractivity contribution < 1.29 is 4.39 Å². The molecule has 0 spiro atoms. The summed E-state index contributed by atoms with van der Waals surface area (Å²) in [6.45, 7) is 10.8. The minimum absolute atomic E-state index is 0. The first-order valence-corrected chi connectivity index (χ1v) is 10.5. The van der Waals surface area contributed by atoms with Crippen molar-refractivity contribution in [3.63, 3.8) is 0 Å². The lowest BCUT2D eigenvalue weighted by atomic mass is 10.3. The summed E-state index contributed by atoms with van der Waals surface area (Å²) in [5.74, 6) is 1.04. The largest absolute Gasteiger partial charge is 0.357 e. The van der Waals surface area contributed by atoms with Gasteiger partial charge >= 0.3 is 0 Å². The Labute approximate surface area is 191 Å². The van der Waals surface area contributed by atoms with Crippen molar-refractivity contribution in [1.82, 2.24) is 25.4 Å². The first-order chi connectivity index (χ1) is 13.7. The van der Waals surface area contributed by atoms with Crippen LogP contribution >= 0.6 is 24.0 Å². The fourth-order valence-electron chi connectivity index (χ4n) is 3.82. The monoisotopic (exact) mass is 519 g/mol. The molecule has 2 saturated heterocycles. The standard InChI is InChI=1S/C20H34FN7.HI/c1-3-22-20(24-9-13-27-11-5-10-26(2)14-15-27)25-17-7-12-28(16-17)19-18(21)6-4-8-23-19;/h4,6,8,17H,3,5,7,9-16H2,1-2H3,(H2,22,24,25);1H. The molecule has 3 heterocycles. The topological polar surface area (TPSA) is 59.0 Å². The van der Waals surface area contributed by atoms with Crippen LogP contribution in [0.3, 0.4) is 0 Å². The second kappa shape index (κ2) is 12.5. The second-order valence-electron chi connectivity index (χ2n) is 7.64. The van der Waals surface area contributed by atoms with Gasteiger partial charge in [0.05, 0.1) is 6.54 Å². The number of pyridine rings is 1. The van der Waals surface area contributed by atoms with Crippen molar-refractivity contribution >= 4 is 35.8 Å². The van der Waals surface area contributed by atoms with Crippen LogP contribution in [-0.4, -0.2) is 92.7 Å². The summed E-state index contributed by atoms with van der Waals surface area (Å²) in [6.07, 6.45) is 3.81. The molecule has 2 aliphatic heterocycles. The van der Waals surface area contributed by atoms with Gasteiger partial charge < -0.3 is 25.3 Å². The van der Waals surface area contributed by atoms with Gasteiger partial charge in [-0.25, -0.2) is 9.37 Å². The van der Waals surface area contributed by atoms with Crippen LogP contribution in [-0.2, 0) is 0 Å². The molecule has 0 aromatic carbocycles. The summed E-state index contributed by atoms with van der Waals surface area (Å²) in [7, 11) is 2.19. The third-order valence-corrected chi connectivity index (χ3v) is 5.41. The van der Waals surface area contributed by atoms with E-state index in [-0.39, 0.29) is 35.8 Å². The van der Waals surface area contributed by atoms with Crippen LogP contribution in [0.5, 0.6) is 0 Å². The van der Waals surface area contributed by atoms with E-state index in [0.717, 1.165) is 64.7 Å². The van der Waals surface area contributed by atoms with Crippen LogP contribution in [0, 0.1) is 5.82 Å². The van der Waals surface area contributed by atoms with Gasteiger partial charge in [0.2, 0.25) is 0 Å². The van der Waals surface area contributed by atoms with Gasteiger partial charge in [-0.05, 0) is 52.0 Å². The van der Waals surface area contributed by atoms with E-state index in [1.807, 2.05) is 4.90 Å². The smallest absolute Gasteiger partial charge is 0.191 e. The molecular weight excluding hydrogens is 484 g/mol. The molecule has 9 heteroatoms. The van der Waals surface area contributed by atoms with Gasteiger partial charge in [-0.15, -0.1) is 24.0 Å². The Balaban J connectivity index is 0.00000300. The van der Waals surface area contributed by atoms with Crippen molar-refractivity contribution in [2.24, 2.45) is 4.99 Å². The molecule has 164 valence electrons. The summed E-state index contributed by atoms with van der Waals surface area (Å²) in [4.78, 5) is 15.9. The van der Waals surface area contributed by atoms with E-state index in [0.29, 0.717) is 5.82 Å². The quantitative estimate of drug-likeness (QED) is 0.339. The van der Waals surface area contributed by atoms with Crippen molar-refractivity contribution in [2.45, 2.75) is 25.8 Å². The zero-order chi connectivity index (χ0) is 19.8. The van der Waals surface area contributed by atoms with Crippen LogP contribution in [0.25, 0.3) is 0 Å². The van der Waals surface area contributed by atoms with Crippen molar-refractivity contribution in [2.75, 3.05) is 70.9 Å². The summed E-state index contributed by atoms with van der Waals surface area (Å²) >= 11 is 0. The number of likely N-dealkylation sites (N-methyl/N-ethyl adjacent to an activating group) is 1. The number of anilines is 1. The minimum Gasteiger partial charge on any atom is -0.357 e. The normalized spacial score (nSPS) is 21.6. The molecular formula is C20H35FIN7. The molecule has 0 amide bonds. The lowest BCUT2D eigenvalue weighted by molar-refractivity contribution is 0.283. The predicted octanol–water partition coefficient (Wildman–Crippen LogP) is 1.61. The molecule has 0 radical (unpaired) electrons. The highest BCUT2D eigenvalue weighted by Crippen LogP contribution is 2.20. The average molecular weight is 519 g/mol. The fraction of sp³-hybridized carbons (Fsp3) is 0.700. The molecule has 2 N–H and O–H groups in total. The molecule has 29 heavy (non-hydrogen) atoms. The maximum atomic E-state index is 14.0. The Morgan fingerprint density at radius 1 is 1.28 bits per heavy atom. The summed E-state index contributed by atoms with van der Waals surface area (Å²) in [5.41, 5.74) is 0. The minimum atomic E-state index is -0.258. The predicted molar refractivity (Wildman–Crippen MR) is 128 cm³/mol.